The van der Waals surface area contributed by atoms with Crippen LogP contribution in [0.2, 0.25) is 0 Å². The Balaban J connectivity index is 2.13. The van der Waals surface area contributed by atoms with E-state index in [4.69, 9.17) is 0 Å². The molecule has 0 spiro atoms. The van der Waals surface area contributed by atoms with Crippen molar-refractivity contribution in [3.63, 3.8) is 0 Å². The highest BCUT2D eigenvalue weighted by Crippen LogP contribution is 2.26. The van der Waals surface area contributed by atoms with Crippen LogP contribution in [0.15, 0.2) is 6.33 Å². The standard InChI is InChI=1S/C14H23N3S/c1-14(2,18-3)9-15-13-11-7-5-4-6-8-12(11)16-10-17-13/h10H,4-9H2,1-3H3,(H,15,16,17). The van der Waals surface area contributed by atoms with Gasteiger partial charge in [0.2, 0.25) is 0 Å². The van der Waals surface area contributed by atoms with E-state index in [0.717, 1.165) is 25.2 Å². The van der Waals surface area contributed by atoms with E-state index in [9.17, 15) is 0 Å². The van der Waals surface area contributed by atoms with Crippen molar-refractivity contribution in [2.45, 2.75) is 50.7 Å². The first-order valence-electron chi connectivity index (χ1n) is 6.74. The van der Waals surface area contributed by atoms with Gasteiger partial charge in [-0.05, 0) is 45.8 Å². The largest absolute Gasteiger partial charge is 0.368 e. The van der Waals surface area contributed by atoms with Crippen molar-refractivity contribution in [2.24, 2.45) is 0 Å². The van der Waals surface area contributed by atoms with Crippen LogP contribution in [0.25, 0.3) is 0 Å². The average Bonchev–Trinajstić information content (AvgIpc) is 2.62. The zero-order chi connectivity index (χ0) is 13.0. The summed E-state index contributed by atoms with van der Waals surface area (Å²) in [6.07, 6.45) is 9.93. The fourth-order valence-corrected chi connectivity index (χ4v) is 2.44. The maximum absolute atomic E-state index is 4.45. The molecule has 2 rings (SSSR count). The van der Waals surface area contributed by atoms with Gasteiger partial charge in [-0.15, -0.1) is 0 Å². The van der Waals surface area contributed by atoms with E-state index in [2.05, 4.69) is 35.4 Å². The molecule has 0 aliphatic heterocycles. The number of hydrogen-bond donors (Lipinski definition) is 1. The van der Waals surface area contributed by atoms with Crippen LogP contribution in [-0.2, 0) is 12.8 Å². The Hall–Kier alpha value is -0.770. The van der Waals surface area contributed by atoms with Gasteiger partial charge in [-0.1, -0.05) is 6.42 Å². The van der Waals surface area contributed by atoms with E-state index < -0.39 is 0 Å². The van der Waals surface area contributed by atoms with Crippen LogP contribution in [0.4, 0.5) is 5.82 Å². The maximum atomic E-state index is 4.45. The Bertz CT molecular complexity index is 404. The van der Waals surface area contributed by atoms with Gasteiger partial charge in [-0.2, -0.15) is 11.8 Å². The molecule has 1 N–H and O–H groups in total. The van der Waals surface area contributed by atoms with E-state index >= 15 is 0 Å². The molecule has 100 valence electrons. The van der Waals surface area contributed by atoms with Crippen molar-refractivity contribution in [3.05, 3.63) is 17.6 Å². The number of fused-ring (bicyclic) bond motifs is 1. The molecular weight excluding hydrogens is 242 g/mol. The highest BCUT2D eigenvalue weighted by Gasteiger charge is 2.18. The Morgan fingerprint density at radius 3 is 2.78 bits per heavy atom. The van der Waals surface area contributed by atoms with Gasteiger partial charge in [0.25, 0.3) is 0 Å². The Labute approximate surface area is 114 Å². The predicted molar refractivity (Wildman–Crippen MR) is 79.4 cm³/mol. The molecule has 1 aliphatic rings. The molecule has 3 nitrogen and oxygen atoms in total. The van der Waals surface area contributed by atoms with Crippen LogP contribution in [0.5, 0.6) is 0 Å². The summed E-state index contributed by atoms with van der Waals surface area (Å²) in [5.74, 6) is 1.06. The zero-order valence-corrected chi connectivity index (χ0v) is 12.4. The van der Waals surface area contributed by atoms with Gasteiger partial charge in [0.1, 0.15) is 12.1 Å². The lowest BCUT2D eigenvalue weighted by molar-refractivity contribution is 0.708. The number of aryl methyl sites for hydroxylation is 1. The summed E-state index contributed by atoms with van der Waals surface area (Å²) in [7, 11) is 0. The van der Waals surface area contributed by atoms with E-state index in [1.165, 1.54) is 30.5 Å². The van der Waals surface area contributed by atoms with Crippen LogP contribution < -0.4 is 5.32 Å². The maximum Gasteiger partial charge on any atom is 0.132 e. The van der Waals surface area contributed by atoms with Crippen molar-refractivity contribution < 1.29 is 0 Å². The molecule has 0 radical (unpaired) electrons. The molecule has 18 heavy (non-hydrogen) atoms. The van der Waals surface area contributed by atoms with Gasteiger partial charge in [-0.25, -0.2) is 9.97 Å². The van der Waals surface area contributed by atoms with Gasteiger partial charge in [-0.3, -0.25) is 0 Å². The van der Waals surface area contributed by atoms with Crippen LogP contribution in [-0.4, -0.2) is 27.5 Å². The third-order valence-corrected chi connectivity index (χ3v) is 4.86. The van der Waals surface area contributed by atoms with Crippen LogP contribution in [0.3, 0.4) is 0 Å². The second-order valence-corrected chi connectivity index (χ2v) is 7.04. The lowest BCUT2D eigenvalue weighted by Crippen LogP contribution is -2.26. The third kappa shape index (κ3) is 3.37. The molecule has 0 saturated heterocycles. The Morgan fingerprint density at radius 2 is 2.00 bits per heavy atom. The molecule has 0 amide bonds. The molecule has 0 aromatic carbocycles. The molecule has 1 aromatic heterocycles. The minimum atomic E-state index is 0.239. The summed E-state index contributed by atoms with van der Waals surface area (Å²) in [6, 6.07) is 0. The molecule has 0 bridgehead atoms. The van der Waals surface area contributed by atoms with Crippen molar-refractivity contribution in [3.8, 4) is 0 Å². The third-order valence-electron chi connectivity index (χ3n) is 3.61. The normalized spacial score (nSPS) is 15.9. The highest BCUT2D eigenvalue weighted by atomic mass is 32.2. The molecule has 0 fully saturated rings. The molecular formula is C14H23N3S. The number of nitrogens with zero attached hydrogens (tertiary/aromatic N) is 2. The molecule has 4 heteroatoms. The van der Waals surface area contributed by atoms with Crippen molar-refractivity contribution in [1.29, 1.82) is 0 Å². The number of rotatable bonds is 4. The fraction of sp³-hybridized carbons (Fsp3) is 0.714. The van der Waals surface area contributed by atoms with Gasteiger partial charge in [0.05, 0.1) is 0 Å². The number of anilines is 1. The van der Waals surface area contributed by atoms with Crippen LogP contribution in [0, 0.1) is 0 Å². The summed E-state index contributed by atoms with van der Waals surface area (Å²) >= 11 is 1.88. The number of thioether (sulfide) groups is 1. The molecule has 0 saturated carbocycles. The van der Waals surface area contributed by atoms with E-state index in [0.29, 0.717) is 0 Å². The predicted octanol–water partition coefficient (Wildman–Crippen LogP) is 3.30. The molecule has 1 heterocycles. The quantitative estimate of drug-likeness (QED) is 0.848. The van der Waals surface area contributed by atoms with E-state index in [1.54, 1.807) is 6.33 Å². The second kappa shape index (κ2) is 5.91. The number of hydrogen-bond acceptors (Lipinski definition) is 4. The lowest BCUT2D eigenvalue weighted by Gasteiger charge is -2.23. The minimum absolute atomic E-state index is 0.239. The van der Waals surface area contributed by atoms with Crippen molar-refractivity contribution in [2.75, 3.05) is 18.1 Å². The summed E-state index contributed by atoms with van der Waals surface area (Å²) in [6.45, 7) is 5.45. The summed E-state index contributed by atoms with van der Waals surface area (Å²) in [4.78, 5) is 8.89. The van der Waals surface area contributed by atoms with Crippen molar-refractivity contribution >= 4 is 17.6 Å². The molecule has 0 atom stereocenters. The zero-order valence-electron chi connectivity index (χ0n) is 11.6. The monoisotopic (exact) mass is 265 g/mol. The van der Waals surface area contributed by atoms with Crippen LogP contribution in [0.1, 0.15) is 44.4 Å². The average molecular weight is 265 g/mol. The van der Waals surface area contributed by atoms with Gasteiger partial charge in [0.15, 0.2) is 0 Å². The minimum Gasteiger partial charge on any atom is -0.368 e. The Kier molecular flexibility index (Phi) is 4.49. The number of nitrogens with one attached hydrogen (secondary N) is 1. The SMILES string of the molecule is CSC(C)(C)CNc1ncnc2c1CCCCC2. The lowest BCUT2D eigenvalue weighted by atomic mass is 10.1. The second-order valence-electron chi connectivity index (χ2n) is 5.53. The van der Waals surface area contributed by atoms with E-state index in [1.807, 2.05) is 11.8 Å². The first-order valence-corrected chi connectivity index (χ1v) is 7.96. The van der Waals surface area contributed by atoms with Crippen molar-refractivity contribution in [1.82, 2.24) is 9.97 Å². The molecule has 1 aliphatic carbocycles. The molecule has 0 unspecified atom stereocenters. The fourth-order valence-electron chi connectivity index (χ4n) is 2.22. The summed E-state index contributed by atoms with van der Waals surface area (Å²) < 4.78 is 0.239. The van der Waals surface area contributed by atoms with Gasteiger partial charge >= 0.3 is 0 Å². The van der Waals surface area contributed by atoms with Gasteiger partial charge < -0.3 is 5.32 Å². The Morgan fingerprint density at radius 1 is 1.22 bits per heavy atom. The van der Waals surface area contributed by atoms with Crippen LogP contribution >= 0.6 is 11.8 Å². The highest BCUT2D eigenvalue weighted by molar-refractivity contribution is 7.99. The summed E-state index contributed by atoms with van der Waals surface area (Å²) in [5.41, 5.74) is 2.61. The first-order chi connectivity index (χ1) is 8.62. The molecule has 1 aromatic rings. The van der Waals surface area contributed by atoms with Gasteiger partial charge in [0, 0.05) is 22.5 Å². The first kappa shape index (κ1) is 13.7. The topological polar surface area (TPSA) is 37.8 Å². The summed E-state index contributed by atoms with van der Waals surface area (Å²) in [5, 5.41) is 3.52. The smallest absolute Gasteiger partial charge is 0.132 e. The van der Waals surface area contributed by atoms with E-state index in [-0.39, 0.29) is 4.75 Å². The number of aromatic nitrogens is 2.